The predicted octanol–water partition coefficient (Wildman–Crippen LogP) is 3.17. The lowest BCUT2D eigenvalue weighted by atomic mass is 9.77. The zero-order valence-corrected chi connectivity index (χ0v) is 16.5. The normalized spacial score (nSPS) is 25.4. The van der Waals surface area contributed by atoms with E-state index in [1.807, 2.05) is 36.4 Å². The van der Waals surface area contributed by atoms with Crippen molar-refractivity contribution in [1.82, 2.24) is 4.90 Å². The van der Waals surface area contributed by atoms with E-state index < -0.39 is 17.5 Å². The zero-order valence-electron chi connectivity index (χ0n) is 16.5. The van der Waals surface area contributed by atoms with Crippen molar-refractivity contribution in [2.24, 2.45) is 0 Å². The Morgan fingerprint density at radius 1 is 1.23 bits per heavy atom. The van der Waals surface area contributed by atoms with Gasteiger partial charge >= 0.3 is 6.09 Å². The van der Waals surface area contributed by atoms with E-state index in [2.05, 4.69) is 0 Å². The van der Waals surface area contributed by atoms with Crippen LogP contribution < -0.4 is 0 Å². The fraction of sp³-hybridized carbons (Fsp3) is 0.391. The Morgan fingerprint density at radius 2 is 1.93 bits per heavy atom. The number of fused-ring (bicyclic) bond motifs is 2. The molecule has 2 saturated heterocycles. The molecular formula is C23H23FN2O4. The van der Waals surface area contributed by atoms with Crippen LogP contribution in [0.5, 0.6) is 0 Å². The second-order valence-electron chi connectivity index (χ2n) is 8.02. The lowest BCUT2D eigenvalue weighted by molar-refractivity contribution is -0.133. The third-order valence-corrected chi connectivity index (χ3v) is 5.76. The van der Waals surface area contributed by atoms with E-state index in [0.717, 1.165) is 5.56 Å². The number of morpholine rings is 1. The van der Waals surface area contributed by atoms with Crippen LogP contribution in [0.15, 0.2) is 48.5 Å². The summed E-state index contributed by atoms with van der Waals surface area (Å²) in [7, 11) is 0. The molecule has 1 amide bonds. The molecule has 6 nitrogen and oxygen atoms in total. The second-order valence-corrected chi connectivity index (χ2v) is 8.02. The molecule has 0 spiro atoms. The monoisotopic (exact) mass is 410 g/mol. The molecule has 0 saturated carbocycles. The third kappa shape index (κ3) is 4.30. The standard InChI is InChI=1S/C23H23FN2O4/c24-21-8-17(12-25)6-7-18(21)9-23(28)10-19-14-29-15-20(11-23)26(19)22(27)30-13-16-4-2-1-3-5-16/h1-8,19-20,28H,9-11,13-15H2. The molecule has 2 bridgehead atoms. The summed E-state index contributed by atoms with van der Waals surface area (Å²) in [5.74, 6) is -0.506. The zero-order chi connectivity index (χ0) is 21.1. The predicted molar refractivity (Wildman–Crippen MR) is 106 cm³/mol. The van der Waals surface area contributed by atoms with Crippen LogP contribution in [-0.2, 0) is 22.5 Å². The Kier molecular flexibility index (Phi) is 5.71. The number of hydrogen-bond donors (Lipinski definition) is 1. The summed E-state index contributed by atoms with van der Waals surface area (Å²) in [6, 6.07) is 14.9. The number of carbonyl (C=O) groups excluding carboxylic acids is 1. The average molecular weight is 410 g/mol. The van der Waals surface area contributed by atoms with E-state index in [9.17, 15) is 14.3 Å². The first-order valence-electron chi connectivity index (χ1n) is 9.95. The van der Waals surface area contributed by atoms with Crippen molar-refractivity contribution in [2.45, 2.75) is 43.6 Å². The lowest BCUT2D eigenvalue weighted by Gasteiger charge is -2.51. The number of benzene rings is 2. The van der Waals surface area contributed by atoms with Gasteiger partial charge in [-0.15, -0.1) is 0 Å². The van der Waals surface area contributed by atoms with Gasteiger partial charge in [0.15, 0.2) is 0 Å². The van der Waals surface area contributed by atoms with E-state index in [4.69, 9.17) is 14.7 Å². The molecule has 0 aliphatic carbocycles. The first kappa shape index (κ1) is 20.3. The molecule has 30 heavy (non-hydrogen) atoms. The van der Waals surface area contributed by atoms with E-state index in [0.29, 0.717) is 18.8 Å². The fourth-order valence-electron chi connectivity index (χ4n) is 4.42. The number of carbonyl (C=O) groups is 1. The van der Waals surface area contributed by atoms with Crippen LogP contribution in [0, 0.1) is 17.1 Å². The number of halogens is 1. The largest absolute Gasteiger partial charge is 0.445 e. The quantitative estimate of drug-likeness (QED) is 0.837. The highest BCUT2D eigenvalue weighted by atomic mass is 19.1. The highest BCUT2D eigenvalue weighted by Gasteiger charge is 2.48. The molecule has 0 radical (unpaired) electrons. The second kappa shape index (κ2) is 8.42. The Balaban J connectivity index is 1.45. The summed E-state index contributed by atoms with van der Waals surface area (Å²) in [6.07, 6.45) is 0.223. The van der Waals surface area contributed by atoms with E-state index in [1.54, 1.807) is 17.0 Å². The van der Waals surface area contributed by atoms with Crippen LogP contribution >= 0.6 is 0 Å². The summed E-state index contributed by atoms with van der Waals surface area (Å²) in [6.45, 7) is 0.779. The molecular weight excluding hydrogens is 387 g/mol. The maximum atomic E-state index is 14.3. The molecule has 2 heterocycles. The van der Waals surface area contributed by atoms with Crippen molar-refractivity contribution in [1.29, 1.82) is 5.26 Å². The van der Waals surface area contributed by atoms with Gasteiger partial charge in [-0.2, -0.15) is 5.26 Å². The Labute approximate surface area is 174 Å². The molecule has 2 fully saturated rings. The van der Waals surface area contributed by atoms with Crippen LogP contribution in [0.2, 0.25) is 0 Å². The number of rotatable bonds is 4. The van der Waals surface area contributed by atoms with Gasteiger partial charge in [0, 0.05) is 6.42 Å². The van der Waals surface area contributed by atoms with E-state index in [1.165, 1.54) is 6.07 Å². The maximum Gasteiger partial charge on any atom is 0.410 e. The van der Waals surface area contributed by atoms with Crippen molar-refractivity contribution >= 4 is 6.09 Å². The van der Waals surface area contributed by atoms with E-state index >= 15 is 0 Å². The number of nitriles is 1. The van der Waals surface area contributed by atoms with Gasteiger partial charge < -0.3 is 14.6 Å². The summed E-state index contributed by atoms with van der Waals surface area (Å²) in [5.41, 5.74) is 0.335. The van der Waals surface area contributed by atoms with Gasteiger partial charge in [-0.1, -0.05) is 36.4 Å². The molecule has 2 aliphatic rings. The average Bonchev–Trinajstić information content (AvgIpc) is 2.73. The molecule has 2 aromatic rings. The Morgan fingerprint density at radius 3 is 2.57 bits per heavy atom. The minimum Gasteiger partial charge on any atom is -0.445 e. The minimum absolute atomic E-state index is 0.116. The van der Waals surface area contributed by atoms with Crippen LogP contribution in [0.25, 0.3) is 0 Å². The molecule has 2 unspecified atom stereocenters. The van der Waals surface area contributed by atoms with Crippen LogP contribution in [0.4, 0.5) is 9.18 Å². The van der Waals surface area contributed by atoms with E-state index in [-0.39, 0.29) is 43.5 Å². The van der Waals surface area contributed by atoms with Gasteiger partial charge in [0.1, 0.15) is 12.4 Å². The number of piperidine rings is 1. The van der Waals surface area contributed by atoms with Gasteiger partial charge in [0.05, 0.1) is 42.5 Å². The Bertz CT molecular complexity index is 945. The molecule has 1 N–H and O–H groups in total. The number of nitrogens with zero attached hydrogens (tertiary/aromatic N) is 2. The van der Waals surface area contributed by atoms with Gasteiger partial charge in [-0.25, -0.2) is 9.18 Å². The first-order chi connectivity index (χ1) is 14.5. The first-order valence-corrected chi connectivity index (χ1v) is 9.95. The summed E-state index contributed by atoms with van der Waals surface area (Å²) in [4.78, 5) is 14.4. The summed E-state index contributed by atoms with van der Waals surface area (Å²) < 4.78 is 25.4. The molecule has 2 aliphatic heterocycles. The molecule has 0 aromatic heterocycles. The summed E-state index contributed by atoms with van der Waals surface area (Å²) in [5, 5.41) is 20.1. The highest BCUT2D eigenvalue weighted by molar-refractivity contribution is 5.69. The highest BCUT2D eigenvalue weighted by Crippen LogP contribution is 2.37. The van der Waals surface area contributed by atoms with Gasteiger partial charge in [0.25, 0.3) is 0 Å². The molecule has 4 rings (SSSR count). The molecule has 156 valence electrons. The fourth-order valence-corrected chi connectivity index (χ4v) is 4.42. The number of hydrogen-bond acceptors (Lipinski definition) is 5. The number of amides is 1. The van der Waals surface area contributed by atoms with Crippen LogP contribution in [0.3, 0.4) is 0 Å². The maximum absolute atomic E-state index is 14.3. The number of aliphatic hydroxyl groups is 1. The minimum atomic E-state index is -1.16. The topological polar surface area (TPSA) is 82.8 Å². The molecule has 2 aromatic carbocycles. The SMILES string of the molecule is N#Cc1ccc(CC2(O)CC3COCC(C2)N3C(=O)OCc2ccccc2)c(F)c1. The smallest absolute Gasteiger partial charge is 0.410 e. The lowest BCUT2D eigenvalue weighted by Crippen LogP contribution is -2.64. The van der Waals surface area contributed by atoms with Crippen molar-refractivity contribution in [3.8, 4) is 6.07 Å². The Hall–Kier alpha value is -2.95. The van der Waals surface area contributed by atoms with Crippen LogP contribution in [0.1, 0.15) is 29.5 Å². The van der Waals surface area contributed by atoms with Crippen molar-refractivity contribution in [2.75, 3.05) is 13.2 Å². The molecule has 7 heteroatoms. The third-order valence-electron chi connectivity index (χ3n) is 5.76. The van der Waals surface area contributed by atoms with Crippen molar-refractivity contribution in [3.63, 3.8) is 0 Å². The van der Waals surface area contributed by atoms with Crippen molar-refractivity contribution < 1.29 is 23.8 Å². The van der Waals surface area contributed by atoms with Crippen molar-refractivity contribution in [3.05, 3.63) is 71.0 Å². The van der Waals surface area contributed by atoms with Gasteiger partial charge in [-0.05, 0) is 36.1 Å². The molecule has 2 atom stereocenters. The number of ether oxygens (including phenoxy) is 2. The van der Waals surface area contributed by atoms with Crippen LogP contribution in [-0.4, -0.2) is 47.0 Å². The summed E-state index contributed by atoms with van der Waals surface area (Å²) >= 11 is 0. The van der Waals surface area contributed by atoms with Gasteiger partial charge in [0.2, 0.25) is 0 Å². The van der Waals surface area contributed by atoms with Gasteiger partial charge in [-0.3, -0.25) is 4.90 Å².